The van der Waals surface area contributed by atoms with Crippen LogP contribution in [0.5, 0.6) is 0 Å². The Bertz CT molecular complexity index is 611. The molecule has 1 aromatic carbocycles. The molecule has 0 saturated heterocycles. The van der Waals surface area contributed by atoms with Crippen molar-refractivity contribution < 1.29 is 23.4 Å². The van der Waals surface area contributed by atoms with Crippen LogP contribution in [-0.4, -0.2) is 33.2 Å². The third-order valence-electron chi connectivity index (χ3n) is 2.68. The fourth-order valence-corrected chi connectivity index (χ4v) is 1.67. The van der Waals surface area contributed by atoms with Gasteiger partial charge in [0.2, 0.25) is 0 Å². The number of hydrogen-bond acceptors (Lipinski definition) is 5. The van der Waals surface area contributed by atoms with Crippen molar-refractivity contribution in [2.75, 3.05) is 7.11 Å². The molecule has 6 nitrogen and oxygen atoms in total. The smallest absolute Gasteiger partial charge is 0.360 e. The molecule has 0 spiro atoms. The van der Waals surface area contributed by atoms with Gasteiger partial charge in [0.15, 0.2) is 5.69 Å². The molecule has 2 rings (SSSR count). The number of hydrogen-bond donors (Lipinski definition) is 1. The van der Waals surface area contributed by atoms with Gasteiger partial charge in [0.25, 0.3) is 6.43 Å². The number of methoxy groups -OCH3 is 1. The van der Waals surface area contributed by atoms with Gasteiger partial charge in [-0.2, -0.15) is 0 Å². The number of aliphatic hydroxyl groups excluding tert-OH is 1. The van der Waals surface area contributed by atoms with Gasteiger partial charge in [0.1, 0.15) is 5.69 Å². The van der Waals surface area contributed by atoms with Crippen LogP contribution < -0.4 is 0 Å². The highest BCUT2D eigenvalue weighted by Gasteiger charge is 2.20. The summed E-state index contributed by atoms with van der Waals surface area (Å²) in [6.45, 7) is -0.492. The number of aromatic nitrogens is 3. The van der Waals surface area contributed by atoms with Crippen molar-refractivity contribution in [2.24, 2.45) is 0 Å². The van der Waals surface area contributed by atoms with Crippen LogP contribution in [0.25, 0.3) is 5.69 Å². The Kier molecular flexibility index (Phi) is 4.04. The minimum absolute atomic E-state index is 0.118. The van der Waals surface area contributed by atoms with Gasteiger partial charge in [-0.05, 0) is 12.1 Å². The highest BCUT2D eigenvalue weighted by Crippen LogP contribution is 2.21. The van der Waals surface area contributed by atoms with E-state index < -0.39 is 19.0 Å². The molecule has 0 fully saturated rings. The Hall–Kier alpha value is -2.35. The predicted octanol–water partition coefficient (Wildman–Crippen LogP) is 1.48. The highest BCUT2D eigenvalue weighted by molar-refractivity contribution is 5.88. The van der Waals surface area contributed by atoms with Crippen LogP contribution in [0.15, 0.2) is 24.3 Å². The van der Waals surface area contributed by atoms with Gasteiger partial charge in [-0.15, -0.1) is 5.10 Å². The van der Waals surface area contributed by atoms with Gasteiger partial charge in [-0.25, -0.2) is 18.3 Å². The molecular formula is C12H11F2N3O3. The first-order valence-electron chi connectivity index (χ1n) is 5.60. The van der Waals surface area contributed by atoms with E-state index in [4.69, 9.17) is 0 Å². The summed E-state index contributed by atoms with van der Waals surface area (Å²) in [5.41, 5.74) is 0.281. The maximum atomic E-state index is 12.5. The van der Waals surface area contributed by atoms with Crippen LogP contribution in [0.2, 0.25) is 0 Å². The molecule has 1 aromatic heterocycles. The van der Waals surface area contributed by atoms with Gasteiger partial charge >= 0.3 is 5.97 Å². The molecule has 0 unspecified atom stereocenters. The molecule has 0 radical (unpaired) electrons. The third-order valence-corrected chi connectivity index (χ3v) is 2.68. The highest BCUT2D eigenvalue weighted by atomic mass is 19.3. The Morgan fingerprint density at radius 1 is 1.40 bits per heavy atom. The first-order chi connectivity index (χ1) is 9.58. The first-order valence-corrected chi connectivity index (χ1v) is 5.60. The van der Waals surface area contributed by atoms with Crippen LogP contribution in [-0.2, 0) is 11.3 Å². The average Bonchev–Trinajstić information content (AvgIpc) is 2.90. The van der Waals surface area contributed by atoms with E-state index in [-0.39, 0.29) is 17.0 Å². The van der Waals surface area contributed by atoms with E-state index in [1.165, 1.54) is 36.1 Å². The number of carbonyl (C=O) groups is 1. The van der Waals surface area contributed by atoms with E-state index in [2.05, 4.69) is 15.0 Å². The summed E-state index contributed by atoms with van der Waals surface area (Å²) in [7, 11) is 1.18. The van der Waals surface area contributed by atoms with E-state index in [1.807, 2.05) is 0 Å². The zero-order valence-electron chi connectivity index (χ0n) is 10.5. The van der Waals surface area contributed by atoms with Crippen molar-refractivity contribution in [1.29, 1.82) is 0 Å². The second kappa shape index (κ2) is 5.74. The SMILES string of the molecule is COC(=O)c1nnn(-c2ccc(C(F)F)cc2)c1CO. The number of aliphatic hydroxyl groups is 1. The summed E-state index contributed by atoms with van der Waals surface area (Å²) >= 11 is 0. The number of nitrogens with zero attached hydrogens (tertiary/aromatic N) is 3. The van der Waals surface area contributed by atoms with Crippen molar-refractivity contribution in [3.05, 3.63) is 41.2 Å². The lowest BCUT2D eigenvalue weighted by atomic mass is 10.2. The number of benzene rings is 1. The van der Waals surface area contributed by atoms with Gasteiger partial charge in [-0.3, -0.25) is 0 Å². The summed E-state index contributed by atoms with van der Waals surface area (Å²) in [5.74, 6) is -0.732. The molecule has 1 N–H and O–H groups in total. The van der Waals surface area contributed by atoms with Gasteiger partial charge < -0.3 is 9.84 Å². The zero-order valence-corrected chi connectivity index (χ0v) is 10.5. The number of alkyl halides is 2. The van der Waals surface area contributed by atoms with Crippen molar-refractivity contribution in [2.45, 2.75) is 13.0 Å². The maximum Gasteiger partial charge on any atom is 0.360 e. The zero-order chi connectivity index (χ0) is 14.7. The van der Waals surface area contributed by atoms with Crippen LogP contribution in [0.3, 0.4) is 0 Å². The van der Waals surface area contributed by atoms with E-state index >= 15 is 0 Å². The number of ether oxygens (including phenoxy) is 1. The molecule has 0 aliphatic carbocycles. The van der Waals surface area contributed by atoms with E-state index in [0.717, 1.165) is 0 Å². The normalized spacial score (nSPS) is 10.8. The van der Waals surface area contributed by atoms with E-state index in [9.17, 15) is 18.7 Å². The Balaban J connectivity index is 2.42. The van der Waals surface area contributed by atoms with Crippen LogP contribution in [0.1, 0.15) is 28.2 Å². The lowest BCUT2D eigenvalue weighted by molar-refractivity contribution is 0.0590. The lowest BCUT2D eigenvalue weighted by Gasteiger charge is -2.06. The van der Waals surface area contributed by atoms with E-state index in [1.54, 1.807) is 0 Å². The molecule has 20 heavy (non-hydrogen) atoms. The molecule has 0 amide bonds. The van der Waals surface area contributed by atoms with Crippen molar-refractivity contribution in [3.63, 3.8) is 0 Å². The Labute approximate surface area is 112 Å². The van der Waals surface area contributed by atoms with Gasteiger partial charge in [0.05, 0.1) is 19.4 Å². The molecule has 2 aromatic rings. The standard InChI is InChI=1S/C12H11F2N3O3/c1-20-12(19)10-9(6-18)17(16-15-10)8-4-2-7(3-5-8)11(13)14/h2-5,11,18H,6H2,1H3. The summed E-state index contributed by atoms with van der Waals surface area (Å²) in [5, 5.41) is 16.6. The molecule has 1 heterocycles. The lowest BCUT2D eigenvalue weighted by Crippen LogP contribution is -2.08. The molecule has 0 bridgehead atoms. The van der Waals surface area contributed by atoms with Crippen molar-refractivity contribution in [3.8, 4) is 5.69 Å². The second-order valence-corrected chi connectivity index (χ2v) is 3.84. The largest absolute Gasteiger partial charge is 0.464 e. The van der Waals surface area contributed by atoms with Gasteiger partial charge in [0, 0.05) is 5.56 Å². The van der Waals surface area contributed by atoms with Gasteiger partial charge in [-0.1, -0.05) is 17.3 Å². The molecule has 0 aliphatic heterocycles. The Morgan fingerprint density at radius 2 is 2.05 bits per heavy atom. The average molecular weight is 283 g/mol. The van der Waals surface area contributed by atoms with Crippen LogP contribution in [0.4, 0.5) is 8.78 Å². The summed E-state index contributed by atoms with van der Waals surface area (Å²) in [6, 6.07) is 5.27. The first kappa shape index (κ1) is 14.1. The number of rotatable bonds is 4. The second-order valence-electron chi connectivity index (χ2n) is 3.84. The van der Waals surface area contributed by atoms with Crippen LogP contribution in [0, 0.1) is 0 Å². The molecule has 0 atom stereocenters. The minimum Gasteiger partial charge on any atom is -0.464 e. The summed E-state index contributed by atoms with van der Waals surface area (Å²) < 4.78 is 30.6. The topological polar surface area (TPSA) is 77.2 Å². The summed E-state index contributed by atoms with van der Waals surface area (Å²) in [4.78, 5) is 11.4. The Morgan fingerprint density at radius 3 is 2.55 bits per heavy atom. The molecule has 0 aliphatic rings. The van der Waals surface area contributed by atoms with Crippen molar-refractivity contribution in [1.82, 2.24) is 15.0 Å². The molecule has 8 heteroatoms. The molecule has 106 valence electrons. The predicted molar refractivity (Wildman–Crippen MR) is 63.6 cm³/mol. The maximum absolute atomic E-state index is 12.5. The minimum atomic E-state index is -2.57. The monoisotopic (exact) mass is 283 g/mol. The third kappa shape index (κ3) is 2.50. The number of halogens is 2. The molecular weight excluding hydrogens is 272 g/mol. The van der Waals surface area contributed by atoms with Crippen LogP contribution >= 0.6 is 0 Å². The summed E-state index contributed by atoms with van der Waals surface area (Å²) in [6.07, 6.45) is -2.57. The number of esters is 1. The molecule has 0 saturated carbocycles. The fourth-order valence-electron chi connectivity index (χ4n) is 1.67. The number of carbonyl (C=O) groups excluding carboxylic acids is 1. The fraction of sp³-hybridized carbons (Fsp3) is 0.250. The van der Waals surface area contributed by atoms with Crippen molar-refractivity contribution >= 4 is 5.97 Å². The van der Waals surface area contributed by atoms with E-state index in [0.29, 0.717) is 5.69 Å². The quantitative estimate of drug-likeness (QED) is 0.860.